The summed E-state index contributed by atoms with van der Waals surface area (Å²) in [5.41, 5.74) is 8.59. The van der Waals surface area contributed by atoms with E-state index < -0.39 is 12.1 Å². The Labute approximate surface area is 173 Å². The quantitative estimate of drug-likeness (QED) is 0.742. The second kappa shape index (κ2) is 9.10. The van der Waals surface area contributed by atoms with Crippen molar-refractivity contribution in [3.63, 3.8) is 0 Å². The third kappa shape index (κ3) is 5.25. The smallest absolute Gasteiger partial charge is 0.312 e. The summed E-state index contributed by atoms with van der Waals surface area (Å²) < 4.78 is 0.889. The van der Waals surface area contributed by atoms with Gasteiger partial charge in [0, 0.05) is 36.3 Å². The number of piperazine rings is 1. The molecule has 0 aliphatic carbocycles. The van der Waals surface area contributed by atoms with Crippen molar-refractivity contribution in [3.8, 4) is 0 Å². The molecule has 148 valence electrons. The summed E-state index contributed by atoms with van der Waals surface area (Å²) in [6.45, 7) is 4.99. The molecule has 6 nitrogen and oxygen atoms in total. The van der Waals surface area contributed by atoms with Crippen LogP contribution in [0.4, 0.5) is 10.5 Å². The Balaban J connectivity index is 1.62. The van der Waals surface area contributed by atoms with E-state index in [0.717, 1.165) is 23.1 Å². The van der Waals surface area contributed by atoms with Crippen LogP contribution in [0.1, 0.15) is 23.6 Å². The maximum absolute atomic E-state index is 12.8. The average molecular weight is 445 g/mol. The van der Waals surface area contributed by atoms with Crippen LogP contribution in [-0.2, 0) is 4.79 Å². The molecule has 0 radical (unpaired) electrons. The number of carbonyl (C=O) groups is 2. The van der Waals surface area contributed by atoms with Crippen LogP contribution in [0.5, 0.6) is 0 Å². The maximum Gasteiger partial charge on any atom is 0.312 e. The van der Waals surface area contributed by atoms with Gasteiger partial charge in [-0.2, -0.15) is 0 Å². The van der Waals surface area contributed by atoms with Crippen LogP contribution >= 0.6 is 15.9 Å². The number of hydrogen-bond acceptors (Lipinski definition) is 3. The second-order valence-electron chi connectivity index (χ2n) is 7.03. The molecule has 28 heavy (non-hydrogen) atoms. The molecule has 2 aromatic carbocycles. The van der Waals surface area contributed by atoms with E-state index in [4.69, 9.17) is 5.73 Å². The Bertz CT molecular complexity index is 850. The zero-order valence-electron chi connectivity index (χ0n) is 15.9. The molecule has 1 heterocycles. The van der Waals surface area contributed by atoms with E-state index >= 15 is 0 Å². The van der Waals surface area contributed by atoms with Gasteiger partial charge in [0.1, 0.15) is 0 Å². The molecule has 1 unspecified atom stereocenters. The summed E-state index contributed by atoms with van der Waals surface area (Å²) >= 11 is 3.43. The van der Waals surface area contributed by atoms with Crippen LogP contribution in [-0.4, -0.2) is 43.0 Å². The van der Waals surface area contributed by atoms with E-state index in [1.807, 2.05) is 29.2 Å². The Morgan fingerprint density at radius 2 is 1.82 bits per heavy atom. The number of amides is 3. The molecule has 2 aromatic rings. The van der Waals surface area contributed by atoms with Gasteiger partial charge in [-0.15, -0.1) is 0 Å². The summed E-state index contributed by atoms with van der Waals surface area (Å²) in [5.74, 6) is 0.0163. The van der Waals surface area contributed by atoms with Crippen molar-refractivity contribution in [2.24, 2.45) is 5.73 Å². The summed E-state index contributed by atoms with van der Waals surface area (Å²) in [7, 11) is 0. The summed E-state index contributed by atoms with van der Waals surface area (Å²) in [6, 6.07) is 14.9. The molecule has 1 atom stereocenters. The van der Waals surface area contributed by atoms with Gasteiger partial charge in [0.15, 0.2) is 0 Å². The number of anilines is 1. The number of primary amides is 1. The van der Waals surface area contributed by atoms with Gasteiger partial charge >= 0.3 is 6.03 Å². The first-order valence-electron chi connectivity index (χ1n) is 9.33. The lowest BCUT2D eigenvalue weighted by Gasteiger charge is -2.37. The molecule has 1 fully saturated rings. The Kier molecular flexibility index (Phi) is 6.57. The van der Waals surface area contributed by atoms with Crippen LogP contribution in [0.2, 0.25) is 0 Å². The number of nitrogens with two attached hydrogens (primary N) is 1. The number of carbonyl (C=O) groups excluding carboxylic acids is 2. The van der Waals surface area contributed by atoms with E-state index in [-0.39, 0.29) is 12.3 Å². The molecular weight excluding hydrogens is 420 g/mol. The first-order chi connectivity index (χ1) is 13.4. The van der Waals surface area contributed by atoms with Crippen LogP contribution in [0.3, 0.4) is 0 Å². The minimum Gasteiger partial charge on any atom is -0.368 e. The highest BCUT2D eigenvalue weighted by Crippen LogP contribution is 2.23. The molecule has 1 aliphatic rings. The number of nitrogens with one attached hydrogen (secondary N) is 1. The zero-order chi connectivity index (χ0) is 20.1. The highest BCUT2D eigenvalue weighted by molar-refractivity contribution is 9.10. The number of urea groups is 1. The Morgan fingerprint density at radius 3 is 2.46 bits per heavy atom. The van der Waals surface area contributed by atoms with E-state index in [9.17, 15) is 9.59 Å². The lowest BCUT2D eigenvalue weighted by molar-refractivity contribution is -0.132. The monoisotopic (exact) mass is 444 g/mol. The van der Waals surface area contributed by atoms with Gasteiger partial charge in [-0.1, -0.05) is 40.2 Å². The van der Waals surface area contributed by atoms with Crippen molar-refractivity contribution in [2.75, 3.05) is 31.1 Å². The average Bonchev–Trinajstić information content (AvgIpc) is 2.67. The van der Waals surface area contributed by atoms with Crippen molar-refractivity contribution < 1.29 is 9.59 Å². The van der Waals surface area contributed by atoms with Gasteiger partial charge in [-0.3, -0.25) is 4.79 Å². The highest BCUT2D eigenvalue weighted by Gasteiger charge is 2.25. The fourth-order valence-corrected chi connectivity index (χ4v) is 3.91. The van der Waals surface area contributed by atoms with Gasteiger partial charge < -0.3 is 20.9 Å². The number of benzene rings is 2. The minimum absolute atomic E-state index is 0.0163. The fourth-order valence-electron chi connectivity index (χ4n) is 3.49. The molecule has 1 aliphatic heterocycles. The molecule has 1 saturated heterocycles. The van der Waals surface area contributed by atoms with E-state index in [1.54, 1.807) is 0 Å². The van der Waals surface area contributed by atoms with Crippen molar-refractivity contribution in [2.45, 2.75) is 19.4 Å². The van der Waals surface area contributed by atoms with Gasteiger partial charge in [-0.25, -0.2) is 4.79 Å². The predicted octanol–water partition coefficient (Wildman–Crippen LogP) is 3.21. The first kappa shape index (κ1) is 20.2. The molecule has 7 heteroatoms. The van der Waals surface area contributed by atoms with Crippen LogP contribution in [0.15, 0.2) is 53.0 Å². The molecule has 0 bridgehead atoms. The van der Waals surface area contributed by atoms with E-state index in [2.05, 4.69) is 57.3 Å². The molecule has 3 N–H and O–H groups in total. The van der Waals surface area contributed by atoms with Crippen molar-refractivity contribution in [1.82, 2.24) is 10.2 Å². The topological polar surface area (TPSA) is 78.7 Å². The number of rotatable bonds is 5. The summed E-state index contributed by atoms with van der Waals surface area (Å²) in [5, 5.41) is 2.69. The molecular formula is C21H25BrN4O2. The molecule has 3 amide bonds. The summed E-state index contributed by atoms with van der Waals surface area (Å²) in [6.07, 6.45) is 0.184. The van der Waals surface area contributed by atoms with Crippen molar-refractivity contribution in [3.05, 3.63) is 64.1 Å². The number of nitrogens with zero attached hydrogens (tertiary/aromatic N) is 2. The number of hydrogen-bond donors (Lipinski definition) is 2. The minimum atomic E-state index is -0.637. The van der Waals surface area contributed by atoms with E-state index in [1.165, 1.54) is 11.3 Å². The zero-order valence-corrected chi connectivity index (χ0v) is 17.5. The lowest BCUT2D eigenvalue weighted by Crippen LogP contribution is -2.49. The Hall–Kier alpha value is -2.54. The number of aryl methyl sites for hydroxylation is 1. The van der Waals surface area contributed by atoms with Gasteiger partial charge in [-0.05, 0) is 42.3 Å². The third-order valence-corrected chi connectivity index (χ3v) is 5.44. The lowest BCUT2D eigenvalue weighted by atomic mass is 10.0. The van der Waals surface area contributed by atoms with Crippen molar-refractivity contribution in [1.29, 1.82) is 0 Å². The van der Waals surface area contributed by atoms with Gasteiger partial charge in [0.25, 0.3) is 0 Å². The largest absolute Gasteiger partial charge is 0.368 e. The SMILES string of the molecule is Cc1cccc(N2CCN(C(=O)CC(NC(N)=O)c3cccc(Br)c3)CC2)c1. The Morgan fingerprint density at radius 1 is 1.11 bits per heavy atom. The fraction of sp³-hybridized carbons (Fsp3) is 0.333. The molecule has 0 spiro atoms. The number of halogens is 1. The molecule has 0 saturated carbocycles. The first-order valence-corrected chi connectivity index (χ1v) is 10.1. The van der Waals surface area contributed by atoms with Gasteiger partial charge in [0.05, 0.1) is 12.5 Å². The predicted molar refractivity (Wildman–Crippen MR) is 114 cm³/mol. The van der Waals surface area contributed by atoms with Gasteiger partial charge in [0.2, 0.25) is 5.91 Å². The highest BCUT2D eigenvalue weighted by atomic mass is 79.9. The molecule has 0 aromatic heterocycles. The van der Waals surface area contributed by atoms with Crippen molar-refractivity contribution >= 4 is 33.6 Å². The van der Waals surface area contributed by atoms with Crippen LogP contribution in [0, 0.1) is 6.92 Å². The maximum atomic E-state index is 12.8. The standard InChI is InChI=1S/C21H25BrN4O2/c1-15-4-2-7-18(12-15)25-8-10-26(11-9-25)20(27)14-19(24-21(23)28)16-5-3-6-17(22)13-16/h2-7,12-13,19H,8-11,14H2,1H3,(H3,23,24,28). The van der Waals surface area contributed by atoms with E-state index in [0.29, 0.717) is 13.1 Å². The normalized spacial score (nSPS) is 15.2. The van der Waals surface area contributed by atoms with Crippen LogP contribution < -0.4 is 16.0 Å². The second-order valence-corrected chi connectivity index (χ2v) is 7.94. The van der Waals surface area contributed by atoms with Crippen LogP contribution in [0.25, 0.3) is 0 Å². The summed E-state index contributed by atoms with van der Waals surface area (Å²) in [4.78, 5) is 28.4. The molecule has 3 rings (SSSR count). The third-order valence-electron chi connectivity index (χ3n) is 4.95.